The Hall–Kier alpha value is -2.73. The van der Waals surface area contributed by atoms with Gasteiger partial charge in [-0.3, -0.25) is 4.79 Å². The van der Waals surface area contributed by atoms with E-state index in [4.69, 9.17) is 4.74 Å². The van der Waals surface area contributed by atoms with Gasteiger partial charge < -0.3 is 10.1 Å². The van der Waals surface area contributed by atoms with E-state index >= 15 is 0 Å². The van der Waals surface area contributed by atoms with Crippen molar-refractivity contribution in [1.82, 2.24) is 4.98 Å². The van der Waals surface area contributed by atoms with Gasteiger partial charge in [0.15, 0.2) is 0 Å². The number of nitrogens with zero attached hydrogens (tertiary/aromatic N) is 1. The lowest BCUT2D eigenvalue weighted by atomic mass is 10.2. The van der Waals surface area contributed by atoms with E-state index in [1.165, 1.54) is 41.2 Å². The van der Waals surface area contributed by atoms with Crippen molar-refractivity contribution in [2.24, 2.45) is 0 Å². The number of anilines is 1. The Labute approximate surface area is 155 Å². The maximum Gasteiger partial charge on any atom is 0.267 e. The Morgan fingerprint density at radius 2 is 1.85 bits per heavy atom. The molecule has 0 aliphatic rings. The van der Waals surface area contributed by atoms with Crippen molar-refractivity contribution in [2.75, 3.05) is 5.32 Å². The maximum atomic E-state index is 12.9. The number of carbonyl (C=O) groups is 1. The molecule has 1 N–H and O–H groups in total. The molecule has 0 atom stereocenters. The smallest absolute Gasteiger partial charge is 0.267 e. The zero-order valence-electron chi connectivity index (χ0n) is 14.6. The first-order valence-corrected chi connectivity index (χ1v) is 9.11. The summed E-state index contributed by atoms with van der Waals surface area (Å²) in [6.45, 7) is 4.20. The molecule has 134 valence electrons. The second kappa shape index (κ2) is 8.10. The normalized spacial score (nSPS) is 10.6. The van der Waals surface area contributed by atoms with Crippen LogP contribution in [-0.2, 0) is 13.0 Å². The van der Waals surface area contributed by atoms with E-state index in [1.54, 1.807) is 6.92 Å². The van der Waals surface area contributed by atoms with Gasteiger partial charge in [-0.05, 0) is 55.3 Å². The average molecular weight is 370 g/mol. The molecular weight excluding hydrogens is 351 g/mol. The topological polar surface area (TPSA) is 51.2 Å². The Morgan fingerprint density at radius 1 is 1.15 bits per heavy atom. The van der Waals surface area contributed by atoms with E-state index in [2.05, 4.69) is 17.2 Å². The third kappa shape index (κ3) is 4.46. The summed E-state index contributed by atoms with van der Waals surface area (Å²) >= 11 is 1.29. The molecule has 0 spiro atoms. The molecule has 0 aliphatic heterocycles. The molecule has 1 heterocycles. The van der Waals surface area contributed by atoms with Crippen LogP contribution < -0.4 is 10.1 Å². The third-order valence-corrected chi connectivity index (χ3v) is 4.97. The highest BCUT2D eigenvalue weighted by Crippen LogP contribution is 2.22. The summed E-state index contributed by atoms with van der Waals surface area (Å²) < 4.78 is 18.7. The molecule has 0 saturated heterocycles. The van der Waals surface area contributed by atoms with Gasteiger partial charge in [0, 0.05) is 5.69 Å². The minimum atomic E-state index is -0.344. The van der Waals surface area contributed by atoms with Gasteiger partial charge in [0.1, 0.15) is 28.1 Å². The zero-order chi connectivity index (χ0) is 18.5. The number of thiazole rings is 1. The molecule has 6 heteroatoms. The van der Waals surface area contributed by atoms with E-state index in [9.17, 15) is 9.18 Å². The quantitative estimate of drug-likeness (QED) is 0.665. The van der Waals surface area contributed by atoms with Crippen LogP contribution in [0.5, 0.6) is 5.75 Å². The van der Waals surface area contributed by atoms with Crippen molar-refractivity contribution in [3.8, 4) is 5.75 Å². The van der Waals surface area contributed by atoms with Gasteiger partial charge in [-0.1, -0.05) is 19.1 Å². The number of nitrogens with one attached hydrogen (secondary N) is 1. The predicted octanol–water partition coefficient (Wildman–Crippen LogP) is 4.98. The fourth-order valence-corrected chi connectivity index (χ4v) is 3.29. The molecule has 2 aromatic carbocycles. The van der Waals surface area contributed by atoms with Crippen LogP contribution in [0.25, 0.3) is 0 Å². The first-order valence-electron chi connectivity index (χ1n) is 8.30. The zero-order valence-corrected chi connectivity index (χ0v) is 15.4. The Bertz CT molecular complexity index is 889. The highest BCUT2D eigenvalue weighted by Gasteiger charge is 2.16. The van der Waals surface area contributed by atoms with Gasteiger partial charge in [-0.15, -0.1) is 11.3 Å². The highest BCUT2D eigenvalue weighted by molar-refractivity contribution is 7.13. The van der Waals surface area contributed by atoms with Crippen LogP contribution in [0.1, 0.15) is 32.9 Å². The standard InChI is InChI=1S/C20H19FN2O2S/c1-3-14-4-10-17(11-5-14)25-12-18-22-13(2)19(26-18)20(24)23-16-8-6-15(21)7-9-16/h4-11H,3,12H2,1-2H3,(H,23,24). The minimum absolute atomic E-state index is 0.259. The van der Waals surface area contributed by atoms with Crippen LogP contribution >= 0.6 is 11.3 Å². The summed E-state index contributed by atoms with van der Waals surface area (Å²) in [7, 11) is 0. The van der Waals surface area contributed by atoms with E-state index in [1.807, 2.05) is 24.3 Å². The summed E-state index contributed by atoms with van der Waals surface area (Å²) in [5, 5.41) is 3.48. The van der Waals surface area contributed by atoms with E-state index in [0.717, 1.165) is 17.2 Å². The van der Waals surface area contributed by atoms with Gasteiger partial charge in [0.05, 0.1) is 5.69 Å². The molecule has 1 aromatic heterocycles. The molecule has 0 unspecified atom stereocenters. The Kier molecular flexibility index (Phi) is 5.63. The van der Waals surface area contributed by atoms with Gasteiger partial charge in [-0.25, -0.2) is 9.37 Å². The van der Waals surface area contributed by atoms with Crippen molar-refractivity contribution < 1.29 is 13.9 Å². The number of benzene rings is 2. The lowest BCUT2D eigenvalue weighted by Gasteiger charge is -2.04. The number of hydrogen-bond donors (Lipinski definition) is 1. The number of halogens is 1. The Balaban J connectivity index is 1.64. The summed E-state index contributed by atoms with van der Waals surface area (Å²) in [6, 6.07) is 13.6. The van der Waals surface area contributed by atoms with Gasteiger partial charge in [-0.2, -0.15) is 0 Å². The van der Waals surface area contributed by atoms with Crippen molar-refractivity contribution in [3.63, 3.8) is 0 Å². The number of ether oxygens (including phenoxy) is 1. The molecule has 4 nitrogen and oxygen atoms in total. The number of carbonyl (C=O) groups excluding carboxylic acids is 1. The van der Waals surface area contributed by atoms with Gasteiger partial charge in [0.25, 0.3) is 5.91 Å². The fourth-order valence-electron chi connectivity index (χ4n) is 2.41. The first kappa shape index (κ1) is 18.1. The SMILES string of the molecule is CCc1ccc(OCc2nc(C)c(C(=O)Nc3ccc(F)cc3)s2)cc1. The van der Waals surface area contributed by atoms with Crippen LogP contribution in [0.4, 0.5) is 10.1 Å². The number of hydrogen-bond acceptors (Lipinski definition) is 4. The van der Waals surface area contributed by atoms with Crippen LogP contribution in [0.15, 0.2) is 48.5 Å². The third-order valence-electron chi connectivity index (χ3n) is 3.84. The lowest BCUT2D eigenvalue weighted by Crippen LogP contribution is -2.11. The van der Waals surface area contributed by atoms with Crippen LogP contribution in [0, 0.1) is 12.7 Å². The monoisotopic (exact) mass is 370 g/mol. The minimum Gasteiger partial charge on any atom is -0.486 e. The highest BCUT2D eigenvalue weighted by atomic mass is 32.1. The summed E-state index contributed by atoms with van der Waals surface area (Å²) in [5.41, 5.74) is 2.44. The Morgan fingerprint density at radius 3 is 2.50 bits per heavy atom. The largest absolute Gasteiger partial charge is 0.486 e. The van der Waals surface area contributed by atoms with E-state index in [0.29, 0.717) is 22.9 Å². The second-order valence-electron chi connectivity index (χ2n) is 5.77. The molecule has 3 rings (SSSR count). The van der Waals surface area contributed by atoms with Crippen molar-refractivity contribution in [3.05, 3.63) is 75.5 Å². The number of aromatic nitrogens is 1. The average Bonchev–Trinajstić information content (AvgIpc) is 3.03. The van der Waals surface area contributed by atoms with E-state index in [-0.39, 0.29) is 11.7 Å². The summed E-state index contributed by atoms with van der Waals surface area (Å²) in [5.74, 6) is 0.167. The molecule has 3 aromatic rings. The first-order chi connectivity index (χ1) is 12.5. The molecular formula is C20H19FN2O2S. The van der Waals surface area contributed by atoms with Crippen molar-refractivity contribution in [1.29, 1.82) is 0 Å². The number of aryl methyl sites for hydroxylation is 2. The number of rotatable bonds is 6. The lowest BCUT2D eigenvalue weighted by molar-refractivity contribution is 0.103. The molecule has 0 aliphatic carbocycles. The number of amides is 1. The molecule has 26 heavy (non-hydrogen) atoms. The van der Waals surface area contributed by atoms with Crippen molar-refractivity contribution >= 4 is 22.9 Å². The molecule has 0 radical (unpaired) electrons. The molecule has 0 fully saturated rings. The van der Waals surface area contributed by atoms with Gasteiger partial charge in [0.2, 0.25) is 0 Å². The predicted molar refractivity (Wildman–Crippen MR) is 101 cm³/mol. The van der Waals surface area contributed by atoms with Crippen LogP contribution in [0.3, 0.4) is 0 Å². The summed E-state index contributed by atoms with van der Waals surface area (Å²) in [4.78, 5) is 17.3. The summed E-state index contributed by atoms with van der Waals surface area (Å²) in [6.07, 6.45) is 0.985. The molecule has 0 saturated carbocycles. The van der Waals surface area contributed by atoms with E-state index < -0.39 is 0 Å². The van der Waals surface area contributed by atoms with Crippen molar-refractivity contribution in [2.45, 2.75) is 26.9 Å². The maximum absolute atomic E-state index is 12.9. The fraction of sp³-hybridized carbons (Fsp3) is 0.200. The van der Waals surface area contributed by atoms with Crippen LogP contribution in [0.2, 0.25) is 0 Å². The molecule has 0 bridgehead atoms. The molecule has 1 amide bonds. The second-order valence-corrected chi connectivity index (χ2v) is 6.85. The van der Waals surface area contributed by atoms with Crippen LogP contribution in [-0.4, -0.2) is 10.9 Å². The van der Waals surface area contributed by atoms with Gasteiger partial charge >= 0.3 is 0 Å².